The average Bonchev–Trinajstić information content (AvgIpc) is 3.38. The lowest BCUT2D eigenvalue weighted by atomic mass is 10.1. The Morgan fingerprint density at radius 1 is 1.32 bits per heavy atom. The summed E-state index contributed by atoms with van der Waals surface area (Å²) in [4.78, 5) is 12.8. The number of nitrogens with one attached hydrogen (secondary N) is 2. The summed E-state index contributed by atoms with van der Waals surface area (Å²) >= 11 is 0. The minimum atomic E-state index is -0.0864. The van der Waals surface area contributed by atoms with Crippen molar-refractivity contribution >= 4 is 5.91 Å². The molecule has 1 saturated carbocycles. The van der Waals surface area contributed by atoms with Crippen LogP contribution in [0.15, 0.2) is 24.7 Å². The van der Waals surface area contributed by atoms with Crippen LogP contribution in [0.2, 0.25) is 0 Å². The van der Waals surface area contributed by atoms with Gasteiger partial charge >= 0.3 is 0 Å². The molecule has 1 aliphatic heterocycles. The largest absolute Gasteiger partial charge is 0.485 e. The molecule has 2 N–H and O–H groups in total. The summed E-state index contributed by atoms with van der Waals surface area (Å²) in [5, 5.41) is 14.1. The molecule has 0 aromatic carbocycles. The van der Waals surface area contributed by atoms with Gasteiger partial charge in [-0.3, -0.25) is 14.6 Å². The van der Waals surface area contributed by atoms with Crippen LogP contribution in [0.3, 0.4) is 0 Å². The Morgan fingerprint density at radius 3 is 3.00 bits per heavy atom. The normalized spacial score (nSPS) is 24.3. The molecule has 0 bridgehead atoms. The number of aromatic nitrogens is 4. The molecule has 0 radical (unpaired) electrons. The third kappa shape index (κ3) is 3.53. The standard InChI is InChI=1S/C17H23N5O3/c23-17(15-4-7-20-22(15)12-5-8-24-9-6-12)21-14-2-1-3-16(14)25-13-10-18-19-11-13/h4,7,10-12,14,16H,1-3,5-6,8-9H2,(H,18,19)(H,21,23)/t14-,16+/m0/s1. The highest BCUT2D eigenvalue weighted by Crippen LogP contribution is 2.25. The van der Waals surface area contributed by atoms with Crippen LogP contribution in [-0.2, 0) is 4.74 Å². The SMILES string of the molecule is O=C(N[C@H]1CCC[C@H]1Oc1cn[nH]c1)c1ccnn1C1CCOCC1. The van der Waals surface area contributed by atoms with E-state index in [9.17, 15) is 4.79 Å². The molecule has 1 aliphatic carbocycles. The van der Waals surface area contributed by atoms with E-state index in [0.29, 0.717) is 11.4 Å². The van der Waals surface area contributed by atoms with Crippen molar-refractivity contribution < 1.29 is 14.3 Å². The zero-order valence-electron chi connectivity index (χ0n) is 14.1. The minimum absolute atomic E-state index is 0.000407. The number of carbonyl (C=O) groups excluding carboxylic acids is 1. The molecule has 2 aromatic rings. The summed E-state index contributed by atoms with van der Waals surface area (Å²) < 4.78 is 13.2. The monoisotopic (exact) mass is 345 g/mol. The number of H-pyrrole nitrogens is 1. The fourth-order valence-corrected chi connectivity index (χ4v) is 3.67. The fraction of sp³-hybridized carbons (Fsp3) is 0.588. The molecule has 0 unspecified atom stereocenters. The van der Waals surface area contributed by atoms with E-state index in [0.717, 1.165) is 45.3 Å². The van der Waals surface area contributed by atoms with Crippen molar-refractivity contribution in [3.63, 3.8) is 0 Å². The predicted molar refractivity (Wildman–Crippen MR) is 89.4 cm³/mol. The first kappa shape index (κ1) is 16.1. The molecule has 8 nitrogen and oxygen atoms in total. The number of hydrogen-bond acceptors (Lipinski definition) is 5. The molecule has 1 amide bonds. The van der Waals surface area contributed by atoms with Gasteiger partial charge in [0.05, 0.1) is 24.5 Å². The van der Waals surface area contributed by atoms with Gasteiger partial charge in [0, 0.05) is 19.4 Å². The van der Waals surface area contributed by atoms with Gasteiger partial charge < -0.3 is 14.8 Å². The van der Waals surface area contributed by atoms with E-state index in [-0.39, 0.29) is 24.1 Å². The average molecular weight is 345 g/mol. The second-order valence-electron chi connectivity index (χ2n) is 6.61. The summed E-state index contributed by atoms with van der Waals surface area (Å²) in [5.41, 5.74) is 0.612. The number of nitrogens with zero attached hydrogens (tertiary/aromatic N) is 3. The summed E-state index contributed by atoms with van der Waals surface area (Å²) in [5.74, 6) is 0.620. The van der Waals surface area contributed by atoms with Crippen LogP contribution in [0.4, 0.5) is 0 Å². The van der Waals surface area contributed by atoms with E-state index >= 15 is 0 Å². The van der Waals surface area contributed by atoms with Gasteiger partial charge in [-0.15, -0.1) is 0 Å². The van der Waals surface area contributed by atoms with Crippen LogP contribution >= 0.6 is 0 Å². The summed E-state index contributed by atoms with van der Waals surface area (Å²) in [6, 6.07) is 2.01. The fourth-order valence-electron chi connectivity index (χ4n) is 3.67. The molecule has 3 heterocycles. The Morgan fingerprint density at radius 2 is 2.20 bits per heavy atom. The van der Waals surface area contributed by atoms with Crippen LogP contribution in [0.5, 0.6) is 5.75 Å². The highest BCUT2D eigenvalue weighted by molar-refractivity contribution is 5.92. The first-order valence-corrected chi connectivity index (χ1v) is 8.89. The third-order valence-electron chi connectivity index (χ3n) is 4.97. The predicted octanol–water partition coefficient (Wildman–Crippen LogP) is 1.69. The van der Waals surface area contributed by atoms with E-state index in [1.165, 1.54) is 0 Å². The molecule has 134 valence electrons. The Kier molecular flexibility index (Phi) is 4.69. The van der Waals surface area contributed by atoms with E-state index in [4.69, 9.17) is 9.47 Å². The number of rotatable bonds is 5. The quantitative estimate of drug-likeness (QED) is 0.860. The van der Waals surface area contributed by atoms with Crippen LogP contribution in [0.1, 0.15) is 48.6 Å². The van der Waals surface area contributed by atoms with E-state index in [1.807, 2.05) is 4.68 Å². The molecular weight excluding hydrogens is 322 g/mol. The highest BCUT2D eigenvalue weighted by atomic mass is 16.5. The Balaban J connectivity index is 1.42. The van der Waals surface area contributed by atoms with Gasteiger partial charge in [0.25, 0.3) is 5.91 Å². The van der Waals surface area contributed by atoms with Crippen molar-refractivity contribution in [2.75, 3.05) is 13.2 Å². The van der Waals surface area contributed by atoms with Crippen molar-refractivity contribution in [3.05, 3.63) is 30.4 Å². The lowest BCUT2D eigenvalue weighted by Gasteiger charge is -2.25. The van der Waals surface area contributed by atoms with Crippen molar-refractivity contribution in [2.45, 2.75) is 50.3 Å². The van der Waals surface area contributed by atoms with Crippen LogP contribution in [0, 0.1) is 0 Å². The highest BCUT2D eigenvalue weighted by Gasteiger charge is 2.32. The summed E-state index contributed by atoms with van der Waals surface area (Å²) in [6.45, 7) is 1.43. The van der Waals surface area contributed by atoms with E-state index < -0.39 is 0 Å². The lowest BCUT2D eigenvalue weighted by molar-refractivity contribution is 0.0637. The van der Waals surface area contributed by atoms with Gasteiger partial charge in [-0.2, -0.15) is 10.2 Å². The van der Waals surface area contributed by atoms with Crippen molar-refractivity contribution in [1.82, 2.24) is 25.3 Å². The number of ether oxygens (including phenoxy) is 2. The van der Waals surface area contributed by atoms with Crippen molar-refractivity contribution in [3.8, 4) is 5.75 Å². The van der Waals surface area contributed by atoms with Gasteiger partial charge in [-0.05, 0) is 38.2 Å². The minimum Gasteiger partial charge on any atom is -0.485 e. The molecule has 4 rings (SSSR count). The van der Waals surface area contributed by atoms with Gasteiger partial charge in [0.2, 0.25) is 0 Å². The molecule has 2 aromatic heterocycles. The van der Waals surface area contributed by atoms with Crippen molar-refractivity contribution in [2.24, 2.45) is 0 Å². The maximum atomic E-state index is 12.8. The lowest BCUT2D eigenvalue weighted by Crippen LogP contribution is -2.43. The molecule has 1 saturated heterocycles. The molecule has 2 fully saturated rings. The summed E-state index contributed by atoms with van der Waals surface area (Å²) in [7, 11) is 0. The zero-order chi connectivity index (χ0) is 17.1. The van der Waals surface area contributed by atoms with Gasteiger partial charge in [-0.1, -0.05) is 0 Å². The van der Waals surface area contributed by atoms with Gasteiger partial charge in [0.15, 0.2) is 5.75 Å². The second kappa shape index (κ2) is 7.26. The number of hydrogen-bond donors (Lipinski definition) is 2. The number of carbonyl (C=O) groups is 1. The van der Waals surface area contributed by atoms with E-state index in [2.05, 4.69) is 20.6 Å². The number of aromatic amines is 1. The van der Waals surface area contributed by atoms with Gasteiger partial charge in [-0.25, -0.2) is 0 Å². The number of amides is 1. The zero-order valence-corrected chi connectivity index (χ0v) is 14.1. The van der Waals surface area contributed by atoms with Crippen LogP contribution in [-0.4, -0.2) is 51.2 Å². The molecular formula is C17H23N5O3. The third-order valence-corrected chi connectivity index (χ3v) is 4.97. The molecule has 25 heavy (non-hydrogen) atoms. The maximum absolute atomic E-state index is 12.8. The Labute approximate surface area is 145 Å². The Hall–Kier alpha value is -2.35. The topological polar surface area (TPSA) is 94.1 Å². The first-order chi connectivity index (χ1) is 12.3. The van der Waals surface area contributed by atoms with Crippen LogP contribution in [0.25, 0.3) is 0 Å². The second-order valence-corrected chi connectivity index (χ2v) is 6.61. The maximum Gasteiger partial charge on any atom is 0.269 e. The molecule has 2 aliphatic rings. The summed E-state index contributed by atoms with van der Waals surface area (Å²) in [6.07, 6.45) is 9.69. The smallest absolute Gasteiger partial charge is 0.269 e. The van der Waals surface area contributed by atoms with Crippen LogP contribution < -0.4 is 10.1 Å². The Bertz CT molecular complexity index is 693. The molecule has 2 atom stereocenters. The molecule has 0 spiro atoms. The van der Waals surface area contributed by atoms with E-state index in [1.54, 1.807) is 24.7 Å². The van der Waals surface area contributed by atoms with Crippen molar-refractivity contribution in [1.29, 1.82) is 0 Å². The van der Waals surface area contributed by atoms with Gasteiger partial charge in [0.1, 0.15) is 11.8 Å². The first-order valence-electron chi connectivity index (χ1n) is 8.89. The molecule has 8 heteroatoms.